The number of aliphatic carboxylic acids is 1. The van der Waals surface area contributed by atoms with E-state index in [0.717, 1.165) is 32.4 Å². The fourth-order valence-corrected chi connectivity index (χ4v) is 2.29. The standard InChI is InChI=1S/C11H18N2O3/c1-12-5-2-6-13(8-3-4-8)11(16)9(12)7-10(14)15/h8-9H,2-7H2,1H3,(H,14,15). The summed E-state index contributed by atoms with van der Waals surface area (Å²) in [5, 5.41) is 8.84. The van der Waals surface area contributed by atoms with Crippen LogP contribution in [0.25, 0.3) is 0 Å². The van der Waals surface area contributed by atoms with Crippen LogP contribution < -0.4 is 0 Å². The van der Waals surface area contributed by atoms with Crippen LogP contribution in [0.3, 0.4) is 0 Å². The van der Waals surface area contributed by atoms with Crippen LogP contribution >= 0.6 is 0 Å². The van der Waals surface area contributed by atoms with E-state index in [-0.39, 0.29) is 12.3 Å². The molecule has 0 aromatic carbocycles. The number of nitrogens with zero attached hydrogens (tertiary/aromatic N) is 2. The normalized spacial score (nSPS) is 27.9. The Bertz CT molecular complexity index is 302. The summed E-state index contributed by atoms with van der Waals surface area (Å²) in [5.74, 6) is -0.896. The van der Waals surface area contributed by atoms with E-state index in [4.69, 9.17) is 5.11 Å². The van der Waals surface area contributed by atoms with Crippen molar-refractivity contribution in [3.05, 3.63) is 0 Å². The zero-order valence-electron chi connectivity index (χ0n) is 9.56. The van der Waals surface area contributed by atoms with Crippen LogP contribution in [0.2, 0.25) is 0 Å². The highest BCUT2D eigenvalue weighted by Crippen LogP contribution is 2.29. The van der Waals surface area contributed by atoms with Crippen molar-refractivity contribution in [1.29, 1.82) is 0 Å². The molecule has 0 aromatic heterocycles. The molecular weight excluding hydrogens is 208 g/mol. The molecule has 2 fully saturated rings. The van der Waals surface area contributed by atoms with Gasteiger partial charge >= 0.3 is 5.97 Å². The molecule has 1 saturated heterocycles. The molecule has 5 heteroatoms. The van der Waals surface area contributed by atoms with Crippen LogP contribution in [0.5, 0.6) is 0 Å². The first-order valence-corrected chi connectivity index (χ1v) is 5.82. The van der Waals surface area contributed by atoms with Gasteiger partial charge in [0, 0.05) is 19.1 Å². The Hall–Kier alpha value is -1.10. The maximum absolute atomic E-state index is 12.2. The van der Waals surface area contributed by atoms with Gasteiger partial charge in [-0.05, 0) is 26.3 Å². The van der Waals surface area contributed by atoms with Gasteiger partial charge in [-0.25, -0.2) is 0 Å². The number of rotatable bonds is 3. The number of carboxylic acid groups (broad SMARTS) is 1. The minimum absolute atomic E-state index is 0.00454. The van der Waals surface area contributed by atoms with Gasteiger partial charge in [-0.3, -0.25) is 14.5 Å². The van der Waals surface area contributed by atoms with E-state index in [9.17, 15) is 9.59 Å². The SMILES string of the molecule is CN1CCCN(C2CC2)C(=O)C1CC(=O)O. The molecule has 90 valence electrons. The van der Waals surface area contributed by atoms with E-state index >= 15 is 0 Å². The second-order valence-corrected chi connectivity index (χ2v) is 4.71. The van der Waals surface area contributed by atoms with Crippen molar-refractivity contribution >= 4 is 11.9 Å². The van der Waals surface area contributed by atoms with E-state index in [1.807, 2.05) is 16.8 Å². The number of amides is 1. The molecule has 1 aliphatic heterocycles. The van der Waals surface area contributed by atoms with Crippen molar-refractivity contribution in [3.63, 3.8) is 0 Å². The third-order valence-corrected chi connectivity index (χ3v) is 3.37. The zero-order chi connectivity index (χ0) is 11.7. The summed E-state index contributed by atoms with van der Waals surface area (Å²) >= 11 is 0. The highest BCUT2D eigenvalue weighted by molar-refractivity contribution is 5.86. The highest BCUT2D eigenvalue weighted by Gasteiger charge is 2.39. The minimum atomic E-state index is -0.900. The average Bonchev–Trinajstić information content (AvgIpc) is 3.02. The van der Waals surface area contributed by atoms with E-state index in [1.165, 1.54) is 0 Å². The number of hydrogen-bond acceptors (Lipinski definition) is 3. The molecule has 2 rings (SSSR count). The number of hydrogen-bond donors (Lipinski definition) is 1. The van der Waals surface area contributed by atoms with Crippen molar-refractivity contribution in [2.75, 3.05) is 20.1 Å². The number of carbonyl (C=O) groups is 2. The smallest absolute Gasteiger partial charge is 0.305 e. The molecule has 0 bridgehead atoms. The third-order valence-electron chi connectivity index (χ3n) is 3.37. The molecule has 1 amide bonds. The first kappa shape index (κ1) is 11.4. The molecular formula is C11H18N2O3. The van der Waals surface area contributed by atoms with Crippen LogP contribution in [0.4, 0.5) is 0 Å². The lowest BCUT2D eigenvalue weighted by Crippen LogP contribution is -2.46. The lowest BCUT2D eigenvalue weighted by Gasteiger charge is -2.26. The summed E-state index contributed by atoms with van der Waals surface area (Å²) in [4.78, 5) is 26.7. The summed E-state index contributed by atoms with van der Waals surface area (Å²) < 4.78 is 0. The van der Waals surface area contributed by atoms with Gasteiger partial charge in [0.2, 0.25) is 5.91 Å². The van der Waals surface area contributed by atoms with Gasteiger partial charge < -0.3 is 10.0 Å². The molecule has 0 aromatic rings. The fraction of sp³-hybridized carbons (Fsp3) is 0.818. The summed E-state index contributed by atoms with van der Waals surface area (Å²) in [5.41, 5.74) is 0. The van der Waals surface area contributed by atoms with Gasteiger partial charge in [-0.1, -0.05) is 0 Å². The van der Waals surface area contributed by atoms with Crippen molar-refractivity contribution in [2.45, 2.75) is 37.8 Å². The predicted molar refractivity (Wildman–Crippen MR) is 58.0 cm³/mol. The molecule has 5 nitrogen and oxygen atoms in total. The largest absolute Gasteiger partial charge is 0.481 e. The van der Waals surface area contributed by atoms with Crippen molar-refractivity contribution < 1.29 is 14.7 Å². The van der Waals surface area contributed by atoms with Gasteiger partial charge in [0.05, 0.1) is 12.5 Å². The lowest BCUT2D eigenvalue weighted by molar-refractivity contribution is -0.144. The first-order valence-electron chi connectivity index (χ1n) is 5.82. The molecule has 1 N–H and O–H groups in total. The Labute approximate surface area is 95.0 Å². The number of likely N-dealkylation sites (N-methyl/N-ethyl adjacent to an activating group) is 1. The Kier molecular flexibility index (Phi) is 3.14. The van der Waals surface area contributed by atoms with E-state index in [2.05, 4.69) is 0 Å². The molecule has 16 heavy (non-hydrogen) atoms. The van der Waals surface area contributed by atoms with E-state index < -0.39 is 12.0 Å². The Balaban J connectivity index is 2.10. The Morgan fingerprint density at radius 2 is 2.12 bits per heavy atom. The summed E-state index contributed by atoms with van der Waals surface area (Å²) in [6, 6.07) is -0.0871. The molecule has 0 spiro atoms. The van der Waals surface area contributed by atoms with Gasteiger partial charge in [0.15, 0.2) is 0 Å². The van der Waals surface area contributed by atoms with Crippen LogP contribution in [0.15, 0.2) is 0 Å². The van der Waals surface area contributed by atoms with Crippen molar-refractivity contribution in [1.82, 2.24) is 9.80 Å². The van der Waals surface area contributed by atoms with E-state index in [0.29, 0.717) is 6.04 Å². The average molecular weight is 226 g/mol. The monoisotopic (exact) mass is 226 g/mol. The molecule has 0 radical (unpaired) electrons. The number of carbonyl (C=O) groups excluding carboxylic acids is 1. The van der Waals surface area contributed by atoms with Gasteiger partial charge in [0.1, 0.15) is 0 Å². The minimum Gasteiger partial charge on any atom is -0.481 e. The van der Waals surface area contributed by atoms with Gasteiger partial charge in [-0.15, -0.1) is 0 Å². The van der Waals surface area contributed by atoms with Crippen LogP contribution in [0, 0.1) is 0 Å². The van der Waals surface area contributed by atoms with Crippen molar-refractivity contribution in [3.8, 4) is 0 Å². The summed E-state index contributed by atoms with van der Waals surface area (Å²) in [6.07, 6.45) is 3.01. The fourth-order valence-electron chi connectivity index (χ4n) is 2.29. The summed E-state index contributed by atoms with van der Waals surface area (Å²) in [7, 11) is 1.84. The molecule has 1 saturated carbocycles. The molecule has 2 aliphatic rings. The van der Waals surface area contributed by atoms with Gasteiger partial charge in [-0.2, -0.15) is 0 Å². The molecule has 1 aliphatic carbocycles. The Morgan fingerprint density at radius 3 is 2.69 bits per heavy atom. The molecule has 1 atom stereocenters. The Morgan fingerprint density at radius 1 is 1.44 bits per heavy atom. The molecule has 1 unspecified atom stereocenters. The predicted octanol–water partition coefficient (Wildman–Crippen LogP) is 0.156. The zero-order valence-corrected chi connectivity index (χ0v) is 9.56. The third kappa shape index (κ3) is 2.35. The number of carboxylic acids is 1. The van der Waals surface area contributed by atoms with Crippen LogP contribution in [-0.4, -0.2) is 59.0 Å². The van der Waals surface area contributed by atoms with Crippen LogP contribution in [0.1, 0.15) is 25.7 Å². The van der Waals surface area contributed by atoms with Gasteiger partial charge in [0.25, 0.3) is 0 Å². The maximum atomic E-state index is 12.2. The van der Waals surface area contributed by atoms with E-state index in [1.54, 1.807) is 0 Å². The topological polar surface area (TPSA) is 60.9 Å². The lowest BCUT2D eigenvalue weighted by atomic mass is 10.1. The molecule has 1 heterocycles. The van der Waals surface area contributed by atoms with Crippen LogP contribution in [-0.2, 0) is 9.59 Å². The highest BCUT2D eigenvalue weighted by atomic mass is 16.4. The summed E-state index contributed by atoms with van der Waals surface area (Å²) in [6.45, 7) is 1.58. The second-order valence-electron chi connectivity index (χ2n) is 4.71. The maximum Gasteiger partial charge on any atom is 0.305 e. The first-order chi connectivity index (χ1) is 7.59. The van der Waals surface area contributed by atoms with Crippen molar-refractivity contribution in [2.24, 2.45) is 0 Å². The second kappa shape index (κ2) is 4.41. The quantitative estimate of drug-likeness (QED) is 0.744.